The topological polar surface area (TPSA) is 51.5 Å². The number of aromatic nitrogens is 1. The van der Waals surface area contributed by atoms with Crippen LogP contribution in [0.5, 0.6) is 0 Å². The van der Waals surface area contributed by atoms with Gasteiger partial charge in [-0.15, -0.1) is 0 Å². The molecule has 20 heavy (non-hydrogen) atoms. The van der Waals surface area contributed by atoms with Gasteiger partial charge in [-0.1, -0.05) is 12.8 Å². The fourth-order valence-electron chi connectivity index (χ4n) is 3.23. The molecule has 0 N–H and O–H groups in total. The molecular weight excluding hydrogens is 256 g/mol. The first-order chi connectivity index (χ1) is 9.66. The molecule has 108 valence electrons. The lowest BCUT2D eigenvalue weighted by Gasteiger charge is -2.43. The molecule has 1 saturated carbocycles. The second kappa shape index (κ2) is 5.40. The second-order valence-electron chi connectivity index (χ2n) is 5.63. The molecule has 2 fully saturated rings. The van der Waals surface area contributed by atoms with Crippen LogP contribution in [-0.4, -0.2) is 40.7 Å². The summed E-state index contributed by atoms with van der Waals surface area (Å²) in [5.41, 5.74) is 0.484. The number of amides is 1. The number of hydrogen-bond acceptors (Lipinski definition) is 3. The summed E-state index contributed by atoms with van der Waals surface area (Å²) in [6.45, 7) is 1.25. The van der Waals surface area contributed by atoms with Crippen molar-refractivity contribution in [3.05, 3.63) is 34.2 Å². The highest BCUT2D eigenvalue weighted by Gasteiger charge is 2.36. The standard InChI is InChI=1S/C15H20N2O3/c1-16-10-11(6-7-14(16)18)15(19)17-8-9-20-13-5-3-2-4-12(13)17/h6-7,10,12-13H,2-5,8-9H2,1H3. The Hall–Kier alpha value is -1.62. The van der Waals surface area contributed by atoms with Crippen molar-refractivity contribution in [1.29, 1.82) is 0 Å². The number of fused-ring (bicyclic) bond motifs is 1. The van der Waals surface area contributed by atoms with Crippen molar-refractivity contribution in [2.75, 3.05) is 13.2 Å². The number of ether oxygens (including phenoxy) is 1. The van der Waals surface area contributed by atoms with E-state index in [0.717, 1.165) is 19.3 Å². The van der Waals surface area contributed by atoms with Gasteiger partial charge in [-0.25, -0.2) is 0 Å². The lowest BCUT2D eigenvalue weighted by atomic mass is 9.90. The maximum atomic E-state index is 12.7. The minimum atomic E-state index is -0.0981. The lowest BCUT2D eigenvalue weighted by molar-refractivity contribution is -0.0753. The van der Waals surface area contributed by atoms with Gasteiger partial charge in [-0.05, 0) is 18.9 Å². The average Bonchev–Trinajstić information content (AvgIpc) is 2.49. The highest BCUT2D eigenvalue weighted by molar-refractivity contribution is 5.94. The first-order valence-electron chi connectivity index (χ1n) is 7.26. The van der Waals surface area contributed by atoms with Gasteiger partial charge in [0.2, 0.25) is 5.56 Å². The van der Waals surface area contributed by atoms with Gasteiger partial charge in [0, 0.05) is 25.9 Å². The largest absolute Gasteiger partial charge is 0.374 e. The van der Waals surface area contributed by atoms with Crippen LogP contribution in [0.3, 0.4) is 0 Å². The molecule has 1 saturated heterocycles. The van der Waals surface area contributed by atoms with Gasteiger partial charge in [0.25, 0.3) is 5.91 Å². The summed E-state index contributed by atoms with van der Waals surface area (Å²) in [6, 6.07) is 3.27. The van der Waals surface area contributed by atoms with Crippen molar-refractivity contribution < 1.29 is 9.53 Å². The van der Waals surface area contributed by atoms with Gasteiger partial charge in [0.15, 0.2) is 0 Å². The first kappa shape index (κ1) is 13.4. The van der Waals surface area contributed by atoms with Crippen molar-refractivity contribution in [2.45, 2.75) is 37.8 Å². The van der Waals surface area contributed by atoms with E-state index in [1.54, 1.807) is 19.3 Å². The number of aryl methyl sites for hydroxylation is 1. The van der Waals surface area contributed by atoms with E-state index in [4.69, 9.17) is 4.74 Å². The monoisotopic (exact) mass is 276 g/mol. The Bertz CT molecular complexity index is 564. The molecule has 3 rings (SSSR count). The van der Waals surface area contributed by atoms with E-state index in [1.807, 2.05) is 4.90 Å². The quantitative estimate of drug-likeness (QED) is 0.773. The molecule has 1 aliphatic carbocycles. The molecule has 2 heterocycles. The molecule has 5 nitrogen and oxygen atoms in total. The van der Waals surface area contributed by atoms with Crippen LogP contribution in [0.15, 0.2) is 23.1 Å². The Morgan fingerprint density at radius 1 is 1.30 bits per heavy atom. The van der Waals surface area contributed by atoms with E-state index >= 15 is 0 Å². The van der Waals surface area contributed by atoms with Crippen molar-refractivity contribution in [3.8, 4) is 0 Å². The zero-order valence-corrected chi connectivity index (χ0v) is 11.7. The van der Waals surface area contributed by atoms with Gasteiger partial charge in [0.1, 0.15) is 0 Å². The Labute approximate surface area is 118 Å². The third-order valence-electron chi connectivity index (χ3n) is 4.33. The van der Waals surface area contributed by atoms with Gasteiger partial charge >= 0.3 is 0 Å². The Kier molecular flexibility index (Phi) is 3.61. The molecule has 2 unspecified atom stereocenters. The van der Waals surface area contributed by atoms with Crippen LogP contribution in [-0.2, 0) is 11.8 Å². The van der Waals surface area contributed by atoms with Crippen molar-refractivity contribution in [1.82, 2.24) is 9.47 Å². The SMILES string of the molecule is Cn1cc(C(=O)N2CCOC3CCCCC32)ccc1=O. The van der Waals surface area contributed by atoms with Crippen LogP contribution in [0, 0.1) is 0 Å². The molecule has 1 aliphatic heterocycles. The van der Waals surface area contributed by atoms with Gasteiger partial charge in [-0.2, -0.15) is 0 Å². The van der Waals surface area contributed by atoms with E-state index in [0.29, 0.717) is 18.7 Å². The number of carbonyl (C=O) groups is 1. The third kappa shape index (κ3) is 2.38. The third-order valence-corrected chi connectivity index (χ3v) is 4.33. The summed E-state index contributed by atoms with van der Waals surface area (Å²) in [5.74, 6) is 0.0146. The smallest absolute Gasteiger partial charge is 0.255 e. The zero-order chi connectivity index (χ0) is 14.1. The van der Waals surface area contributed by atoms with Crippen LogP contribution >= 0.6 is 0 Å². The average molecular weight is 276 g/mol. The summed E-state index contributed by atoms with van der Waals surface area (Å²) in [4.78, 5) is 26.0. The number of hydrogen-bond donors (Lipinski definition) is 0. The van der Waals surface area contributed by atoms with E-state index < -0.39 is 0 Å². The minimum absolute atomic E-state index is 0.0146. The molecule has 0 bridgehead atoms. The lowest BCUT2D eigenvalue weighted by Crippen LogP contribution is -2.54. The number of nitrogens with zero attached hydrogens (tertiary/aromatic N) is 2. The Balaban J connectivity index is 1.84. The first-order valence-corrected chi connectivity index (χ1v) is 7.26. The molecule has 2 aliphatic rings. The molecule has 0 spiro atoms. The van der Waals surface area contributed by atoms with Crippen LogP contribution in [0.4, 0.5) is 0 Å². The molecular formula is C15H20N2O3. The van der Waals surface area contributed by atoms with E-state index in [1.165, 1.54) is 17.1 Å². The Morgan fingerprint density at radius 2 is 2.10 bits per heavy atom. The molecule has 1 amide bonds. The maximum absolute atomic E-state index is 12.7. The van der Waals surface area contributed by atoms with Crippen molar-refractivity contribution in [2.24, 2.45) is 7.05 Å². The van der Waals surface area contributed by atoms with E-state index in [2.05, 4.69) is 0 Å². The normalized spacial score (nSPS) is 26.1. The Morgan fingerprint density at radius 3 is 2.90 bits per heavy atom. The number of carbonyl (C=O) groups excluding carboxylic acids is 1. The van der Waals surface area contributed by atoms with Gasteiger partial charge < -0.3 is 14.2 Å². The highest BCUT2D eigenvalue weighted by atomic mass is 16.5. The van der Waals surface area contributed by atoms with Gasteiger partial charge in [-0.3, -0.25) is 9.59 Å². The van der Waals surface area contributed by atoms with Crippen molar-refractivity contribution >= 4 is 5.91 Å². The summed E-state index contributed by atoms with van der Waals surface area (Å²) in [6.07, 6.45) is 6.21. The molecule has 1 aromatic heterocycles. The fourth-order valence-corrected chi connectivity index (χ4v) is 3.23. The predicted molar refractivity (Wildman–Crippen MR) is 74.7 cm³/mol. The van der Waals surface area contributed by atoms with E-state index in [-0.39, 0.29) is 23.6 Å². The van der Waals surface area contributed by atoms with Crippen LogP contribution in [0.2, 0.25) is 0 Å². The predicted octanol–water partition coefficient (Wildman–Crippen LogP) is 1.17. The number of morpholine rings is 1. The molecule has 0 aromatic carbocycles. The number of pyridine rings is 1. The molecule has 2 atom stereocenters. The summed E-state index contributed by atoms with van der Waals surface area (Å²) in [7, 11) is 1.67. The van der Waals surface area contributed by atoms with Gasteiger partial charge in [0.05, 0.1) is 24.3 Å². The van der Waals surface area contributed by atoms with Crippen LogP contribution in [0.1, 0.15) is 36.0 Å². The minimum Gasteiger partial charge on any atom is -0.374 e. The summed E-state index contributed by atoms with van der Waals surface area (Å²) >= 11 is 0. The fraction of sp³-hybridized carbons (Fsp3) is 0.600. The highest BCUT2D eigenvalue weighted by Crippen LogP contribution is 2.29. The summed E-state index contributed by atoms with van der Waals surface area (Å²) in [5, 5.41) is 0. The molecule has 0 radical (unpaired) electrons. The van der Waals surface area contributed by atoms with Crippen molar-refractivity contribution in [3.63, 3.8) is 0 Å². The second-order valence-corrected chi connectivity index (χ2v) is 5.63. The summed E-state index contributed by atoms with van der Waals surface area (Å²) < 4.78 is 7.24. The maximum Gasteiger partial charge on any atom is 0.255 e. The van der Waals surface area contributed by atoms with Crippen LogP contribution < -0.4 is 5.56 Å². The zero-order valence-electron chi connectivity index (χ0n) is 11.7. The molecule has 5 heteroatoms. The van der Waals surface area contributed by atoms with E-state index in [9.17, 15) is 9.59 Å². The number of rotatable bonds is 1. The van der Waals surface area contributed by atoms with Crippen LogP contribution in [0.25, 0.3) is 0 Å². The molecule has 1 aromatic rings.